The van der Waals surface area contributed by atoms with Gasteiger partial charge in [-0.2, -0.15) is 10.2 Å². The van der Waals surface area contributed by atoms with Crippen LogP contribution < -0.4 is 0 Å². The summed E-state index contributed by atoms with van der Waals surface area (Å²) in [6.07, 6.45) is 5.07. The van der Waals surface area contributed by atoms with Gasteiger partial charge in [-0.05, 0) is 12.8 Å². The second kappa shape index (κ2) is 5.08. The van der Waals surface area contributed by atoms with Crippen molar-refractivity contribution in [3.63, 3.8) is 0 Å². The number of aromatic nitrogens is 2. The van der Waals surface area contributed by atoms with Gasteiger partial charge in [-0.15, -0.1) is 0 Å². The van der Waals surface area contributed by atoms with E-state index in [0.29, 0.717) is 5.89 Å². The lowest BCUT2D eigenvalue weighted by atomic mass is 9.75. The summed E-state index contributed by atoms with van der Waals surface area (Å²) in [4.78, 5) is 9.55. The largest absolute Gasteiger partial charge is 0.338 e. The van der Waals surface area contributed by atoms with Crippen LogP contribution in [-0.4, -0.2) is 52.7 Å². The molecular weight excluding hydrogens is 266 g/mol. The van der Waals surface area contributed by atoms with Gasteiger partial charge >= 0.3 is 0 Å². The lowest BCUT2D eigenvalue weighted by molar-refractivity contribution is 0.00781. The molecular formula is C15H21N5O. The van der Waals surface area contributed by atoms with Crippen LogP contribution in [0.15, 0.2) is 4.52 Å². The van der Waals surface area contributed by atoms with E-state index in [1.807, 2.05) is 0 Å². The number of rotatable bonds is 2. The third kappa shape index (κ3) is 2.16. The molecule has 0 aromatic carbocycles. The fraction of sp³-hybridized carbons (Fsp3) is 0.800. The Morgan fingerprint density at radius 1 is 1.14 bits per heavy atom. The zero-order chi connectivity index (χ0) is 14.3. The van der Waals surface area contributed by atoms with Crippen molar-refractivity contribution in [2.24, 2.45) is 0 Å². The first-order chi connectivity index (χ1) is 10.3. The van der Waals surface area contributed by atoms with Crippen LogP contribution in [0.5, 0.6) is 0 Å². The summed E-state index contributed by atoms with van der Waals surface area (Å²) in [6.45, 7) is 5.43. The SMILES string of the molecule is N#CC1(c2nc([C@@H]3CN4CCN3CC4)no2)CCCCC1. The number of hydrogen-bond donors (Lipinski definition) is 0. The summed E-state index contributed by atoms with van der Waals surface area (Å²) in [7, 11) is 0. The summed E-state index contributed by atoms with van der Waals surface area (Å²) < 4.78 is 5.53. The number of nitriles is 1. The molecule has 0 amide bonds. The summed E-state index contributed by atoms with van der Waals surface area (Å²) >= 11 is 0. The second-order valence-electron chi connectivity index (χ2n) is 6.56. The molecule has 1 aliphatic carbocycles. The molecule has 0 spiro atoms. The average molecular weight is 287 g/mol. The molecule has 5 rings (SSSR count). The summed E-state index contributed by atoms with van der Waals surface area (Å²) in [5.74, 6) is 1.33. The monoisotopic (exact) mass is 287 g/mol. The van der Waals surface area contributed by atoms with Crippen molar-refractivity contribution in [1.82, 2.24) is 19.9 Å². The molecule has 2 bridgehead atoms. The predicted molar refractivity (Wildman–Crippen MR) is 75.4 cm³/mol. The van der Waals surface area contributed by atoms with Gasteiger partial charge < -0.3 is 4.52 Å². The van der Waals surface area contributed by atoms with Gasteiger partial charge in [0.05, 0.1) is 12.1 Å². The van der Waals surface area contributed by atoms with E-state index in [0.717, 1.165) is 64.2 Å². The van der Waals surface area contributed by atoms with Crippen molar-refractivity contribution in [3.8, 4) is 6.07 Å². The quantitative estimate of drug-likeness (QED) is 0.820. The van der Waals surface area contributed by atoms with Gasteiger partial charge in [0.1, 0.15) is 5.41 Å². The van der Waals surface area contributed by atoms with Crippen LogP contribution in [0, 0.1) is 11.3 Å². The molecule has 3 saturated heterocycles. The Morgan fingerprint density at radius 2 is 1.90 bits per heavy atom. The predicted octanol–water partition coefficient (Wildman–Crippen LogP) is 1.47. The Bertz CT molecular complexity index is 549. The molecule has 1 aromatic heterocycles. The van der Waals surface area contributed by atoms with Crippen LogP contribution in [-0.2, 0) is 5.41 Å². The molecule has 0 N–H and O–H groups in total. The van der Waals surface area contributed by atoms with E-state index < -0.39 is 5.41 Å². The van der Waals surface area contributed by atoms with Gasteiger partial charge in [0.15, 0.2) is 5.82 Å². The van der Waals surface area contributed by atoms with Crippen LogP contribution in [0.25, 0.3) is 0 Å². The van der Waals surface area contributed by atoms with Gasteiger partial charge in [0, 0.05) is 32.7 Å². The first-order valence-corrected chi connectivity index (χ1v) is 8.02. The number of piperazine rings is 3. The van der Waals surface area contributed by atoms with E-state index >= 15 is 0 Å². The maximum absolute atomic E-state index is 9.62. The van der Waals surface area contributed by atoms with Crippen LogP contribution >= 0.6 is 0 Å². The molecule has 6 nitrogen and oxygen atoms in total. The number of hydrogen-bond acceptors (Lipinski definition) is 6. The minimum Gasteiger partial charge on any atom is -0.338 e. The molecule has 4 aliphatic rings. The number of nitrogens with zero attached hydrogens (tertiary/aromatic N) is 5. The van der Waals surface area contributed by atoms with E-state index in [9.17, 15) is 5.26 Å². The summed E-state index contributed by atoms with van der Waals surface area (Å²) in [5, 5.41) is 13.8. The molecule has 3 aliphatic heterocycles. The third-order valence-electron chi connectivity index (χ3n) is 5.35. The van der Waals surface area contributed by atoms with Crippen LogP contribution in [0.3, 0.4) is 0 Å². The maximum Gasteiger partial charge on any atom is 0.247 e. The van der Waals surface area contributed by atoms with E-state index in [1.165, 1.54) is 6.42 Å². The molecule has 6 heteroatoms. The van der Waals surface area contributed by atoms with E-state index in [2.05, 4.69) is 26.0 Å². The molecule has 112 valence electrons. The molecule has 0 unspecified atom stereocenters. The molecule has 4 fully saturated rings. The standard InChI is InChI=1S/C15H21N5O/c16-11-15(4-2-1-3-5-15)14-17-13(18-21-14)12-10-19-6-8-20(12)9-7-19/h12H,1-10H2/t12-/m0/s1. The highest BCUT2D eigenvalue weighted by Gasteiger charge is 2.42. The molecule has 4 heterocycles. The zero-order valence-corrected chi connectivity index (χ0v) is 12.3. The Kier molecular flexibility index (Phi) is 3.20. The van der Waals surface area contributed by atoms with Crippen molar-refractivity contribution in [3.05, 3.63) is 11.7 Å². The van der Waals surface area contributed by atoms with E-state index in [4.69, 9.17) is 4.52 Å². The van der Waals surface area contributed by atoms with Crippen molar-refractivity contribution >= 4 is 0 Å². The smallest absolute Gasteiger partial charge is 0.247 e. The van der Waals surface area contributed by atoms with Crippen LogP contribution in [0.4, 0.5) is 0 Å². The van der Waals surface area contributed by atoms with Crippen LogP contribution in [0.1, 0.15) is 49.9 Å². The van der Waals surface area contributed by atoms with Crippen molar-refractivity contribution in [1.29, 1.82) is 5.26 Å². The topological polar surface area (TPSA) is 69.2 Å². The number of fused-ring (bicyclic) bond motifs is 3. The first kappa shape index (κ1) is 13.2. The fourth-order valence-electron chi connectivity index (χ4n) is 3.96. The average Bonchev–Trinajstić information content (AvgIpc) is 3.07. The summed E-state index contributed by atoms with van der Waals surface area (Å²) in [5.41, 5.74) is -0.535. The highest BCUT2D eigenvalue weighted by molar-refractivity contribution is 5.20. The minimum absolute atomic E-state index is 0.240. The lowest BCUT2D eigenvalue weighted by Gasteiger charge is -2.46. The molecule has 1 aromatic rings. The van der Waals surface area contributed by atoms with E-state index in [-0.39, 0.29) is 6.04 Å². The van der Waals surface area contributed by atoms with Crippen molar-refractivity contribution < 1.29 is 4.52 Å². The van der Waals surface area contributed by atoms with Gasteiger partial charge in [0.25, 0.3) is 0 Å². The van der Waals surface area contributed by atoms with Gasteiger partial charge in [0.2, 0.25) is 5.89 Å². The van der Waals surface area contributed by atoms with Crippen molar-refractivity contribution in [2.45, 2.75) is 43.6 Å². The Hall–Kier alpha value is -1.45. The highest BCUT2D eigenvalue weighted by Crippen LogP contribution is 2.39. The molecule has 1 atom stereocenters. The van der Waals surface area contributed by atoms with Gasteiger partial charge in [-0.25, -0.2) is 0 Å². The van der Waals surface area contributed by atoms with Gasteiger partial charge in [-0.3, -0.25) is 9.80 Å². The highest BCUT2D eigenvalue weighted by atomic mass is 16.5. The molecule has 0 radical (unpaired) electrons. The minimum atomic E-state index is -0.535. The second-order valence-corrected chi connectivity index (χ2v) is 6.56. The maximum atomic E-state index is 9.62. The Balaban J connectivity index is 1.59. The first-order valence-electron chi connectivity index (χ1n) is 8.02. The van der Waals surface area contributed by atoms with Gasteiger partial charge in [-0.1, -0.05) is 24.4 Å². The molecule has 1 saturated carbocycles. The third-order valence-corrected chi connectivity index (χ3v) is 5.35. The lowest BCUT2D eigenvalue weighted by Crippen LogP contribution is -2.57. The van der Waals surface area contributed by atoms with E-state index in [1.54, 1.807) is 0 Å². The van der Waals surface area contributed by atoms with Crippen molar-refractivity contribution in [2.75, 3.05) is 32.7 Å². The Morgan fingerprint density at radius 3 is 2.52 bits per heavy atom. The fourth-order valence-corrected chi connectivity index (χ4v) is 3.96. The Labute approximate surface area is 124 Å². The molecule has 21 heavy (non-hydrogen) atoms. The zero-order valence-electron chi connectivity index (χ0n) is 12.3. The van der Waals surface area contributed by atoms with Crippen LogP contribution in [0.2, 0.25) is 0 Å². The normalized spacial score (nSPS) is 34.5. The summed E-state index contributed by atoms with van der Waals surface area (Å²) in [6, 6.07) is 2.70.